The molecule has 1 unspecified atom stereocenters. The molecule has 0 spiro atoms. The number of benzene rings is 1. The molecule has 1 aromatic carbocycles. The molecular weight excluding hydrogens is 220 g/mol. The predicted molar refractivity (Wildman–Crippen MR) is 77.6 cm³/mol. The van der Waals surface area contributed by atoms with Crippen LogP contribution in [0.3, 0.4) is 0 Å². The van der Waals surface area contributed by atoms with Crippen LogP contribution in [0.4, 0.5) is 0 Å². The molecule has 0 amide bonds. The minimum absolute atomic E-state index is 0.480. The molecule has 2 heteroatoms. The molecule has 0 radical (unpaired) electrons. The average molecular weight is 246 g/mol. The average Bonchev–Trinajstić information content (AvgIpc) is 3.18. The Kier molecular flexibility index (Phi) is 4.79. The maximum atomic E-state index is 6.01. The Bertz CT molecular complexity index is 343. The lowest BCUT2D eigenvalue weighted by Gasteiger charge is -2.34. The van der Waals surface area contributed by atoms with E-state index in [0.717, 1.165) is 18.9 Å². The van der Waals surface area contributed by atoms with E-state index in [1.165, 1.54) is 24.9 Å². The molecule has 18 heavy (non-hydrogen) atoms. The van der Waals surface area contributed by atoms with Gasteiger partial charge in [-0.25, -0.2) is 0 Å². The third kappa shape index (κ3) is 3.82. The summed E-state index contributed by atoms with van der Waals surface area (Å²) in [5.41, 5.74) is 7.41. The Morgan fingerprint density at radius 1 is 1.22 bits per heavy atom. The van der Waals surface area contributed by atoms with Crippen molar-refractivity contribution < 1.29 is 0 Å². The van der Waals surface area contributed by atoms with Gasteiger partial charge in [0, 0.05) is 25.2 Å². The molecule has 0 saturated heterocycles. The van der Waals surface area contributed by atoms with Crippen molar-refractivity contribution in [3.05, 3.63) is 35.9 Å². The summed E-state index contributed by atoms with van der Waals surface area (Å²) in [4.78, 5) is 2.60. The van der Waals surface area contributed by atoms with Crippen molar-refractivity contribution in [1.29, 1.82) is 0 Å². The predicted octanol–water partition coefficient (Wildman–Crippen LogP) is 2.68. The zero-order chi connectivity index (χ0) is 13.0. The zero-order valence-corrected chi connectivity index (χ0v) is 11.7. The second-order valence-electron chi connectivity index (χ2n) is 5.81. The van der Waals surface area contributed by atoms with Crippen LogP contribution in [0.1, 0.15) is 32.3 Å². The number of hydrogen-bond donors (Lipinski definition) is 1. The van der Waals surface area contributed by atoms with Gasteiger partial charge in [-0.1, -0.05) is 30.3 Å². The van der Waals surface area contributed by atoms with Gasteiger partial charge in [-0.3, -0.25) is 4.90 Å². The molecule has 100 valence electrons. The fourth-order valence-corrected chi connectivity index (χ4v) is 2.60. The summed E-state index contributed by atoms with van der Waals surface area (Å²) >= 11 is 0. The lowest BCUT2D eigenvalue weighted by molar-refractivity contribution is 0.148. The largest absolute Gasteiger partial charge is 0.329 e. The van der Waals surface area contributed by atoms with Gasteiger partial charge in [0.05, 0.1) is 0 Å². The molecule has 0 heterocycles. The summed E-state index contributed by atoms with van der Waals surface area (Å²) in [5, 5.41) is 0. The first-order valence-electron chi connectivity index (χ1n) is 7.20. The molecule has 0 bridgehead atoms. The molecule has 1 aliphatic rings. The van der Waals surface area contributed by atoms with E-state index in [4.69, 9.17) is 5.73 Å². The highest BCUT2D eigenvalue weighted by molar-refractivity contribution is 5.16. The van der Waals surface area contributed by atoms with E-state index in [1.54, 1.807) is 0 Å². The van der Waals surface area contributed by atoms with Crippen molar-refractivity contribution in [3.63, 3.8) is 0 Å². The summed E-state index contributed by atoms with van der Waals surface area (Å²) in [6.45, 7) is 6.55. The maximum Gasteiger partial charge on any atom is 0.0261 e. The SMILES string of the molecule is CC(C)N(CC1CC1)C(CN)Cc1ccccc1. The molecule has 2 N–H and O–H groups in total. The summed E-state index contributed by atoms with van der Waals surface area (Å²) in [5.74, 6) is 0.928. The van der Waals surface area contributed by atoms with E-state index in [-0.39, 0.29) is 0 Å². The molecule has 1 aromatic rings. The molecule has 1 saturated carbocycles. The van der Waals surface area contributed by atoms with Gasteiger partial charge >= 0.3 is 0 Å². The van der Waals surface area contributed by atoms with Crippen LogP contribution in [0.2, 0.25) is 0 Å². The van der Waals surface area contributed by atoms with Crippen molar-refractivity contribution in [2.24, 2.45) is 11.7 Å². The summed E-state index contributed by atoms with van der Waals surface area (Å²) in [6.07, 6.45) is 3.89. The van der Waals surface area contributed by atoms with Crippen LogP contribution in [-0.2, 0) is 6.42 Å². The van der Waals surface area contributed by atoms with Crippen molar-refractivity contribution in [2.75, 3.05) is 13.1 Å². The second-order valence-corrected chi connectivity index (χ2v) is 5.81. The van der Waals surface area contributed by atoms with Crippen LogP contribution in [0.25, 0.3) is 0 Å². The normalized spacial score (nSPS) is 17.4. The molecule has 1 fully saturated rings. The van der Waals surface area contributed by atoms with E-state index < -0.39 is 0 Å². The molecule has 1 aliphatic carbocycles. The first-order valence-corrected chi connectivity index (χ1v) is 7.20. The van der Waals surface area contributed by atoms with Crippen LogP contribution in [0.5, 0.6) is 0 Å². The quantitative estimate of drug-likeness (QED) is 0.801. The van der Waals surface area contributed by atoms with Gasteiger partial charge in [0.1, 0.15) is 0 Å². The Morgan fingerprint density at radius 3 is 2.39 bits per heavy atom. The van der Waals surface area contributed by atoms with E-state index in [9.17, 15) is 0 Å². The van der Waals surface area contributed by atoms with Crippen LogP contribution in [0.15, 0.2) is 30.3 Å². The number of nitrogens with zero attached hydrogens (tertiary/aromatic N) is 1. The van der Waals surface area contributed by atoms with Crippen molar-refractivity contribution in [1.82, 2.24) is 4.90 Å². The van der Waals surface area contributed by atoms with Gasteiger partial charge in [0.2, 0.25) is 0 Å². The molecular formula is C16H26N2. The van der Waals surface area contributed by atoms with Gasteiger partial charge in [-0.05, 0) is 44.6 Å². The molecule has 2 nitrogen and oxygen atoms in total. The molecule has 0 aliphatic heterocycles. The van der Waals surface area contributed by atoms with Gasteiger partial charge in [-0.15, -0.1) is 0 Å². The monoisotopic (exact) mass is 246 g/mol. The highest BCUT2D eigenvalue weighted by Crippen LogP contribution is 2.31. The number of rotatable bonds is 7. The third-order valence-corrected chi connectivity index (χ3v) is 3.88. The maximum absolute atomic E-state index is 6.01. The standard InChI is InChI=1S/C16H26N2/c1-13(2)18(12-15-8-9-15)16(11-17)10-14-6-4-3-5-7-14/h3-7,13,15-16H,8-12,17H2,1-2H3. The Hall–Kier alpha value is -0.860. The fourth-order valence-electron chi connectivity index (χ4n) is 2.60. The van der Waals surface area contributed by atoms with Crippen molar-refractivity contribution in [2.45, 2.75) is 45.2 Å². The third-order valence-electron chi connectivity index (χ3n) is 3.88. The number of hydrogen-bond acceptors (Lipinski definition) is 2. The highest BCUT2D eigenvalue weighted by Gasteiger charge is 2.29. The van der Waals surface area contributed by atoms with Crippen molar-refractivity contribution in [3.8, 4) is 0 Å². The molecule has 0 aromatic heterocycles. The summed E-state index contributed by atoms with van der Waals surface area (Å²) < 4.78 is 0. The van der Waals surface area contributed by atoms with E-state index in [0.29, 0.717) is 12.1 Å². The highest BCUT2D eigenvalue weighted by atomic mass is 15.2. The molecule has 1 atom stereocenters. The Morgan fingerprint density at radius 2 is 1.89 bits per heavy atom. The van der Waals surface area contributed by atoms with Crippen molar-refractivity contribution >= 4 is 0 Å². The minimum atomic E-state index is 0.480. The van der Waals surface area contributed by atoms with Crippen LogP contribution in [0, 0.1) is 5.92 Å². The van der Waals surface area contributed by atoms with Crippen LogP contribution in [-0.4, -0.2) is 30.1 Å². The van der Waals surface area contributed by atoms with E-state index in [1.807, 2.05) is 0 Å². The van der Waals surface area contributed by atoms with Crippen LogP contribution >= 0.6 is 0 Å². The van der Waals surface area contributed by atoms with E-state index >= 15 is 0 Å². The van der Waals surface area contributed by atoms with E-state index in [2.05, 4.69) is 49.1 Å². The van der Waals surface area contributed by atoms with Gasteiger partial charge in [0.25, 0.3) is 0 Å². The zero-order valence-electron chi connectivity index (χ0n) is 11.7. The first-order chi connectivity index (χ1) is 8.70. The Labute approximate surface area is 111 Å². The summed E-state index contributed by atoms with van der Waals surface area (Å²) in [7, 11) is 0. The topological polar surface area (TPSA) is 29.3 Å². The van der Waals surface area contributed by atoms with Gasteiger partial charge < -0.3 is 5.73 Å². The second kappa shape index (κ2) is 6.35. The van der Waals surface area contributed by atoms with Gasteiger partial charge in [-0.2, -0.15) is 0 Å². The first kappa shape index (κ1) is 13.6. The lowest BCUT2D eigenvalue weighted by Crippen LogP contribution is -2.47. The smallest absolute Gasteiger partial charge is 0.0261 e. The Balaban J connectivity index is 2.00. The molecule has 2 rings (SSSR count). The fraction of sp³-hybridized carbons (Fsp3) is 0.625. The lowest BCUT2D eigenvalue weighted by atomic mass is 10.0. The number of nitrogens with two attached hydrogens (primary N) is 1. The minimum Gasteiger partial charge on any atom is -0.329 e. The van der Waals surface area contributed by atoms with Gasteiger partial charge in [0.15, 0.2) is 0 Å². The summed E-state index contributed by atoms with van der Waals surface area (Å²) in [6, 6.07) is 11.8. The van der Waals surface area contributed by atoms with Crippen LogP contribution < -0.4 is 5.73 Å².